The number of aromatic nitrogens is 2. The fraction of sp³-hybridized carbons (Fsp3) is 0.727. The third-order valence-electron chi connectivity index (χ3n) is 2.76. The van der Waals surface area contributed by atoms with E-state index in [0.717, 1.165) is 18.7 Å². The molecule has 1 aromatic heterocycles. The van der Waals surface area contributed by atoms with E-state index < -0.39 is 0 Å². The number of ether oxygens (including phenoxy) is 1. The molecule has 1 aromatic rings. The van der Waals surface area contributed by atoms with Gasteiger partial charge >= 0.3 is 0 Å². The average molecular weight is 209 g/mol. The maximum Gasteiger partial charge on any atom is 0.148 e. The zero-order chi connectivity index (χ0) is 10.8. The number of aryl methyl sites for hydroxylation is 1. The van der Waals surface area contributed by atoms with E-state index in [1.54, 1.807) is 0 Å². The Morgan fingerprint density at radius 2 is 2.07 bits per heavy atom. The molecule has 0 aromatic carbocycles. The highest BCUT2D eigenvalue weighted by molar-refractivity contribution is 5.33. The summed E-state index contributed by atoms with van der Waals surface area (Å²) in [5.74, 6) is 0.962. The number of nitrogens with one attached hydrogen (secondary N) is 1. The van der Waals surface area contributed by atoms with Crippen molar-refractivity contribution in [3.63, 3.8) is 0 Å². The van der Waals surface area contributed by atoms with Crippen LogP contribution in [0.25, 0.3) is 0 Å². The average Bonchev–Trinajstić information content (AvgIpc) is 2.49. The molecule has 0 bridgehead atoms. The highest BCUT2D eigenvalue weighted by atomic mass is 16.5. The van der Waals surface area contributed by atoms with Crippen LogP contribution >= 0.6 is 0 Å². The van der Waals surface area contributed by atoms with E-state index in [4.69, 9.17) is 4.74 Å². The molecule has 4 nitrogen and oxygen atoms in total. The van der Waals surface area contributed by atoms with Crippen molar-refractivity contribution in [2.75, 3.05) is 5.32 Å². The first kappa shape index (κ1) is 10.5. The van der Waals surface area contributed by atoms with E-state index in [-0.39, 0.29) is 0 Å². The Hall–Kier alpha value is -1.03. The molecule has 1 unspecified atom stereocenters. The molecule has 1 saturated heterocycles. The van der Waals surface area contributed by atoms with Crippen molar-refractivity contribution in [3.05, 3.63) is 12.3 Å². The first-order valence-electron chi connectivity index (χ1n) is 5.55. The lowest BCUT2D eigenvalue weighted by Crippen LogP contribution is -2.37. The van der Waals surface area contributed by atoms with Gasteiger partial charge in [-0.2, -0.15) is 5.10 Å². The van der Waals surface area contributed by atoms with E-state index in [1.807, 2.05) is 24.0 Å². The molecule has 4 heteroatoms. The topological polar surface area (TPSA) is 39.1 Å². The first-order chi connectivity index (χ1) is 7.13. The van der Waals surface area contributed by atoms with Crippen LogP contribution in [0.3, 0.4) is 0 Å². The van der Waals surface area contributed by atoms with Crippen LogP contribution in [0.5, 0.6) is 0 Å². The van der Waals surface area contributed by atoms with Crippen molar-refractivity contribution in [1.82, 2.24) is 9.78 Å². The summed E-state index contributed by atoms with van der Waals surface area (Å²) in [6.45, 7) is 4.26. The standard InChI is InChI=1S/C11H19N3O/c1-8-6-10(7-9(2)15-8)12-11-4-5-14(3)13-11/h4-5,8-10H,6-7H2,1-3H3,(H,12,13)/t8-,9+,10?. The SMILES string of the molecule is C[C@@H]1CC(Nc2ccn(C)n2)C[C@H](C)O1. The summed E-state index contributed by atoms with van der Waals surface area (Å²) in [4.78, 5) is 0. The predicted molar refractivity (Wildman–Crippen MR) is 59.9 cm³/mol. The minimum atomic E-state index is 0.343. The maximum atomic E-state index is 5.69. The Balaban J connectivity index is 1.94. The minimum Gasteiger partial charge on any atom is -0.375 e. The van der Waals surface area contributed by atoms with Gasteiger partial charge in [0.1, 0.15) is 5.82 Å². The summed E-state index contributed by atoms with van der Waals surface area (Å²) in [6.07, 6.45) is 4.75. The summed E-state index contributed by atoms with van der Waals surface area (Å²) in [7, 11) is 1.93. The van der Waals surface area contributed by atoms with Crippen molar-refractivity contribution < 1.29 is 4.74 Å². The Kier molecular flexibility index (Phi) is 2.95. The highest BCUT2D eigenvalue weighted by Crippen LogP contribution is 2.21. The number of anilines is 1. The molecule has 0 aliphatic carbocycles. The summed E-state index contributed by atoms with van der Waals surface area (Å²) in [5.41, 5.74) is 0. The first-order valence-corrected chi connectivity index (χ1v) is 5.55. The van der Waals surface area contributed by atoms with Crippen LogP contribution < -0.4 is 5.32 Å². The molecule has 1 fully saturated rings. The quantitative estimate of drug-likeness (QED) is 0.807. The van der Waals surface area contributed by atoms with Gasteiger partial charge in [-0.05, 0) is 26.7 Å². The van der Waals surface area contributed by atoms with E-state index in [2.05, 4.69) is 24.3 Å². The van der Waals surface area contributed by atoms with Gasteiger partial charge in [0, 0.05) is 25.4 Å². The molecule has 2 rings (SSSR count). The van der Waals surface area contributed by atoms with E-state index in [9.17, 15) is 0 Å². The molecule has 0 saturated carbocycles. The van der Waals surface area contributed by atoms with Gasteiger partial charge in [0.25, 0.3) is 0 Å². The van der Waals surface area contributed by atoms with Crippen molar-refractivity contribution >= 4 is 5.82 Å². The molecule has 15 heavy (non-hydrogen) atoms. The van der Waals surface area contributed by atoms with Crippen LogP contribution in [0, 0.1) is 0 Å². The largest absolute Gasteiger partial charge is 0.375 e. The second-order valence-electron chi connectivity index (χ2n) is 4.44. The van der Waals surface area contributed by atoms with Gasteiger partial charge in [-0.3, -0.25) is 4.68 Å². The third-order valence-corrected chi connectivity index (χ3v) is 2.76. The van der Waals surface area contributed by atoms with E-state index >= 15 is 0 Å². The second-order valence-corrected chi connectivity index (χ2v) is 4.44. The van der Waals surface area contributed by atoms with Gasteiger partial charge in [0.2, 0.25) is 0 Å². The fourth-order valence-electron chi connectivity index (χ4n) is 2.22. The van der Waals surface area contributed by atoms with Gasteiger partial charge < -0.3 is 10.1 Å². The van der Waals surface area contributed by atoms with Gasteiger partial charge in [0.05, 0.1) is 12.2 Å². The van der Waals surface area contributed by atoms with Crippen LogP contribution in [0.15, 0.2) is 12.3 Å². The Morgan fingerprint density at radius 1 is 1.40 bits per heavy atom. The Bertz CT molecular complexity index is 313. The summed E-state index contributed by atoms with van der Waals surface area (Å²) < 4.78 is 7.51. The lowest BCUT2D eigenvalue weighted by Gasteiger charge is -2.32. The molecule has 2 heterocycles. The Labute approximate surface area is 90.6 Å². The minimum absolute atomic E-state index is 0.343. The van der Waals surface area contributed by atoms with Crippen LogP contribution in [-0.2, 0) is 11.8 Å². The lowest BCUT2D eigenvalue weighted by atomic mass is 10.00. The van der Waals surface area contributed by atoms with Crippen LogP contribution in [0.4, 0.5) is 5.82 Å². The number of nitrogens with zero attached hydrogens (tertiary/aromatic N) is 2. The van der Waals surface area contributed by atoms with Crippen molar-refractivity contribution in [2.24, 2.45) is 7.05 Å². The monoisotopic (exact) mass is 209 g/mol. The summed E-state index contributed by atoms with van der Waals surface area (Å²) in [6, 6.07) is 2.49. The molecule has 1 N–H and O–H groups in total. The van der Waals surface area contributed by atoms with Crippen molar-refractivity contribution in [3.8, 4) is 0 Å². The molecular weight excluding hydrogens is 190 g/mol. The molecule has 1 aliphatic rings. The van der Waals surface area contributed by atoms with E-state index in [1.165, 1.54) is 0 Å². The molecule has 84 valence electrons. The molecule has 3 atom stereocenters. The highest BCUT2D eigenvalue weighted by Gasteiger charge is 2.24. The lowest BCUT2D eigenvalue weighted by molar-refractivity contribution is -0.0338. The van der Waals surface area contributed by atoms with E-state index in [0.29, 0.717) is 18.2 Å². The molecule has 0 spiro atoms. The second kappa shape index (κ2) is 4.23. The zero-order valence-electron chi connectivity index (χ0n) is 9.60. The van der Waals surface area contributed by atoms with Gasteiger partial charge in [-0.25, -0.2) is 0 Å². The maximum absolute atomic E-state index is 5.69. The zero-order valence-corrected chi connectivity index (χ0v) is 9.60. The van der Waals surface area contributed by atoms with Gasteiger partial charge in [0.15, 0.2) is 0 Å². The normalized spacial score (nSPS) is 31.5. The number of hydrogen-bond acceptors (Lipinski definition) is 3. The molecule has 1 aliphatic heterocycles. The van der Waals surface area contributed by atoms with Crippen LogP contribution in [-0.4, -0.2) is 28.0 Å². The van der Waals surface area contributed by atoms with Gasteiger partial charge in [-0.1, -0.05) is 0 Å². The fourth-order valence-corrected chi connectivity index (χ4v) is 2.22. The van der Waals surface area contributed by atoms with Crippen LogP contribution in [0.2, 0.25) is 0 Å². The summed E-state index contributed by atoms with van der Waals surface area (Å²) >= 11 is 0. The smallest absolute Gasteiger partial charge is 0.148 e. The molecular formula is C11H19N3O. The summed E-state index contributed by atoms with van der Waals surface area (Å²) in [5, 5.41) is 7.77. The van der Waals surface area contributed by atoms with Crippen molar-refractivity contribution in [2.45, 2.75) is 44.9 Å². The van der Waals surface area contributed by atoms with Crippen molar-refractivity contribution in [1.29, 1.82) is 0 Å². The predicted octanol–water partition coefficient (Wildman–Crippen LogP) is 1.79. The molecule has 0 radical (unpaired) electrons. The van der Waals surface area contributed by atoms with Gasteiger partial charge in [-0.15, -0.1) is 0 Å². The van der Waals surface area contributed by atoms with Crippen LogP contribution in [0.1, 0.15) is 26.7 Å². The molecule has 0 amide bonds. The number of rotatable bonds is 2. The Morgan fingerprint density at radius 3 is 2.60 bits per heavy atom. The number of hydrogen-bond donors (Lipinski definition) is 1. The third kappa shape index (κ3) is 2.72.